The van der Waals surface area contributed by atoms with Gasteiger partial charge in [-0.25, -0.2) is 39.1 Å². The van der Waals surface area contributed by atoms with Gasteiger partial charge in [-0.2, -0.15) is 4.90 Å². The van der Waals surface area contributed by atoms with Crippen LogP contribution in [0.25, 0.3) is 0 Å². The van der Waals surface area contributed by atoms with E-state index in [2.05, 4.69) is 56.5 Å². The van der Waals surface area contributed by atoms with E-state index in [9.17, 15) is 19.2 Å². The standard InChI is InChI=1S/C15H22BrN3O5.C10H18O5.C5H6BrN3O/c1-14(2,3)23-12(20)19(13(21)24-15(4,5)6)10-11(22-7)18-9(16)8-17-10;1-9(2,3)14-7(11)13-8(12)15-10(4,5)6;1-10-5-4(7)8-2-3(6)9-5/h8H,1-7H3;1-6H3;2H,1H3,(H2,7,8). The van der Waals surface area contributed by atoms with Crippen LogP contribution in [0, 0.1) is 0 Å². The van der Waals surface area contributed by atoms with Crippen LogP contribution in [0.5, 0.6) is 11.8 Å². The van der Waals surface area contributed by atoms with Crippen molar-refractivity contribution in [3.05, 3.63) is 21.6 Å². The summed E-state index contributed by atoms with van der Waals surface area (Å²) in [6, 6.07) is 0. The average Bonchev–Trinajstić information content (AvgIpc) is 2.87. The monoisotopic (exact) mass is 824 g/mol. The van der Waals surface area contributed by atoms with Crippen molar-refractivity contribution in [3.63, 3.8) is 0 Å². The van der Waals surface area contributed by atoms with E-state index in [-0.39, 0.29) is 11.7 Å². The van der Waals surface area contributed by atoms with E-state index in [4.69, 9.17) is 34.2 Å². The van der Waals surface area contributed by atoms with Gasteiger partial charge in [0.2, 0.25) is 5.82 Å². The van der Waals surface area contributed by atoms with E-state index in [1.165, 1.54) is 26.6 Å². The highest BCUT2D eigenvalue weighted by atomic mass is 79.9. The Labute approximate surface area is 303 Å². The summed E-state index contributed by atoms with van der Waals surface area (Å²) < 4.78 is 35.2. The molecule has 0 saturated heterocycles. The Hall–Kier alpha value is -4.00. The van der Waals surface area contributed by atoms with Gasteiger partial charge in [0.1, 0.15) is 31.6 Å². The Morgan fingerprint density at radius 3 is 1.29 bits per heavy atom. The number of nitrogen functional groups attached to an aromatic ring is 1. The molecule has 19 heteroatoms. The fourth-order valence-electron chi connectivity index (χ4n) is 2.62. The molecule has 0 saturated carbocycles. The van der Waals surface area contributed by atoms with E-state index < -0.39 is 46.9 Å². The Kier molecular flexibility index (Phi) is 17.2. The Balaban J connectivity index is 0.000000782. The highest BCUT2D eigenvalue weighted by Gasteiger charge is 2.36. The Morgan fingerprint density at radius 1 is 0.612 bits per heavy atom. The van der Waals surface area contributed by atoms with E-state index in [0.717, 1.165) is 0 Å². The molecule has 0 fully saturated rings. The van der Waals surface area contributed by atoms with Gasteiger partial charge in [0.25, 0.3) is 11.8 Å². The molecule has 2 amide bonds. The fourth-order valence-corrected chi connectivity index (χ4v) is 3.15. The summed E-state index contributed by atoms with van der Waals surface area (Å²) >= 11 is 6.28. The average molecular weight is 827 g/mol. The van der Waals surface area contributed by atoms with Crippen LogP contribution >= 0.6 is 31.9 Å². The second-order valence-corrected chi connectivity index (χ2v) is 15.1. The minimum atomic E-state index is -1.06. The number of ether oxygens (including phenoxy) is 7. The molecule has 0 atom stereocenters. The summed E-state index contributed by atoms with van der Waals surface area (Å²) in [5, 5.41) is 0. The summed E-state index contributed by atoms with van der Waals surface area (Å²) in [6.07, 6.45) is -1.15. The number of carbonyl (C=O) groups is 4. The lowest BCUT2D eigenvalue weighted by molar-refractivity contribution is -0.0294. The van der Waals surface area contributed by atoms with Gasteiger partial charge in [0.15, 0.2) is 5.82 Å². The smallest absolute Gasteiger partial charge is 0.478 e. The third-order valence-electron chi connectivity index (χ3n) is 4.13. The zero-order valence-corrected chi connectivity index (χ0v) is 33.4. The van der Waals surface area contributed by atoms with Gasteiger partial charge in [0.05, 0.1) is 26.6 Å². The Bertz CT molecular complexity index is 1380. The van der Waals surface area contributed by atoms with E-state index >= 15 is 0 Å². The number of carbonyl (C=O) groups excluding carboxylic acids is 4. The molecule has 2 N–H and O–H groups in total. The molecule has 0 aliphatic rings. The van der Waals surface area contributed by atoms with Gasteiger partial charge < -0.3 is 38.9 Å². The van der Waals surface area contributed by atoms with Crippen molar-refractivity contribution in [1.29, 1.82) is 0 Å². The molecule has 2 aromatic rings. The summed E-state index contributed by atoms with van der Waals surface area (Å²) in [5.41, 5.74) is 2.37. The molecular formula is C30H46Br2N6O11. The van der Waals surface area contributed by atoms with Crippen molar-refractivity contribution in [2.75, 3.05) is 24.9 Å². The fraction of sp³-hybridized carbons (Fsp3) is 0.600. The molecule has 0 bridgehead atoms. The van der Waals surface area contributed by atoms with Crippen molar-refractivity contribution in [3.8, 4) is 11.8 Å². The van der Waals surface area contributed by atoms with Crippen LogP contribution in [-0.2, 0) is 23.7 Å². The van der Waals surface area contributed by atoms with E-state index in [1.54, 1.807) is 83.1 Å². The third-order valence-corrected chi connectivity index (χ3v) is 4.89. The molecule has 0 aliphatic carbocycles. The molecule has 276 valence electrons. The van der Waals surface area contributed by atoms with Crippen molar-refractivity contribution in [2.24, 2.45) is 0 Å². The van der Waals surface area contributed by atoms with Crippen molar-refractivity contribution < 1.29 is 52.3 Å². The summed E-state index contributed by atoms with van der Waals surface area (Å²) in [7, 11) is 2.84. The predicted octanol–water partition coefficient (Wildman–Crippen LogP) is 7.63. The predicted molar refractivity (Wildman–Crippen MR) is 185 cm³/mol. The molecule has 2 rings (SSSR count). The number of nitrogens with zero attached hydrogens (tertiary/aromatic N) is 5. The first kappa shape index (κ1) is 45.0. The zero-order valence-electron chi connectivity index (χ0n) is 30.2. The molecule has 0 unspecified atom stereocenters. The first-order valence-electron chi connectivity index (χ1n) is 14.4. The van der Waals surface area contributed by atoms with Gasteiger partial charge >= 0.3 is 24.5 Å². The number of hydrogen-bond acceptors (Lipinski definition) is 16. The van der Waals surface area contributed by atoms with Crippen LogP contribution in [0.2, 0.25) is 0 Å². The summed E-state index contributed by atoms with van der Waals surface area (Å²) in [6.45, 7) is 20.1. The van der Waals surface area contributed by atoms with Gasteiger partial charge in [-0.1, -0.05) is 0 Å². The molecular weight excluding hydrogens is 780 g/mol. The highest BCUT2D eigenvalue weighted by Crippen LogP contribution is 2.28. The van der Waals surface area contributed by atoms with Gasteiger partial charge in [-0.05, 0) is 115 Å². The molecule has 2 heterocycles. The van der Waals surface area contributed by atoms with Crippen LogP contribution in [-0.4, -0.2) is 81.1 Å². The first-order chi connectivity index (χ1) is 22.1. The van der Waals surface area contributed by atoms with Gasteiger partial charge in [0, 0.05) is 0 Å². The van der Waals surface area contributed by atoms with Crippen LogP contribution in [0.4, 0.5) is 30.8 Å². The normalized spacial score (nSPS) is 11.3. The maximum atomic E-state index is 12.5. The number of imide groups is 1. The topological polar surface area (TPSA) is 214 Å². The second kappa shape index (κ2) is 18.7. The molecule has 0 radical (unpaired) electrons. The molecule has 0 spiro atoms. The number of halogens is 2. The number of nitrogens with two attached hydrogens (primary N) is 1. The Morgan fingerprint density at radius 2 is 0.959 bits per heavy atom. The lowest BCUT2D eigenvalue weighted by Gasteiger charge is -2.28. The number of aromatic nitrogens is 4. The quantitative estimate of drug-likeness (QED) is 0.179. The number of amides is 2. The minimum absolute atomic E-state index is 0.0268. The molecule has 49 heavy (non-hydrogen) atoms. The minimum Gasteiger partial charge on any atom is -0.478 e. The van der Waals surface area contributed by atoms with Crippen LogP contribution in [0.15, 0.2) is 21.6 Å². The number of methoxy groups -OCH3 is 2. The largest absolute Gasteiger partial charge is 0.519 e. The van der Waals surface area contributed by atoms with Crippen LogP contribution < -0.4 is 20.1 Å². The maximum Gasteiger partial charge on any atom is 0.519 e. The van der Waals surface area contributed by atoms with Crippen molar-refractivity contribution in [2.45, 2.75) is 105 Å². The van der Waals surface area contributed by atoms with Crippen LogP contribution in [0.3, 0.4) is 0 Å². The summed E-state index contributed by atoms with van der Waals surface area (Å²) in [4.78, 5) is 63.5. The van der Waals surface area contributed by atoms with Gasteiger partial charge in [-0.3, -0.25) is 0 Å². The number of rotatable bonds is 3. The SMILES string of the molecule is CC(C)(C)OC(=O)OC(=O)OC(C)(C)C.COc1nc(Br)cnc1N.COc1nc(Br)cnc1N(C(=O)OC(C)(C)C)C(=O)OC(C)(C)C. The zero-order chi connectivity index (χ0) is 38.5. The van der Waals surface area contributed by atoms with Crippen molar-refractivity contribution in [1.82, 2.24) is 19.9 Å². The highest BCUT2D eigenvalue weighted by molar-refractivity contribution is 9.10. The molecule has 0 aromatic carbocycles. The first-order valence-corrected chi connectivity index (χ1v) is 15.9. The molecule has 0 aliphatic heterocycles. The van der Waals surface area contributed by atoms with E-state index in [1.807, 2.05) is 0 Å². The third kappa shape index (κ3) is 20.2. The van der Waals surface area contributed by atoms with Crippen LogP contribution in [0.1, 0.15) is 83.1 Å². The van der Waals surface area contributed by atoms with Crippen molar-refractivity contribution >= 4 is 68.0 Å². The number of hydrogen-bond donors (Lipinski definition) is 1. The molecule has 2 aromatic heterocycles. The second-order valence-electron chi connectivity index (χ2n) is 13.4. The summed E-state index contributed by atoms with van der Waals surface area (Å²) in [5.74, 6) is 0.491. The lowest BCUT2D eigenvalue weighted by atomic mass is 10.2. The molecule has 17 nitrogen and oxygen atoms in total. The van der Waals surface area contributed by atoms with Gasteiger partial charge in [-0.15, -0.1) is 0 Å². The van der Waals surface area contributed by atoms with E-state index in [0.29, 0.717) is 25.8 Å². The number of anilines is 2. The maximum absolute atomic E-state index is 12.5. The lowest BCUT2D eigenvalue weighted by Crippen LogP contribution is -2.44.